The van der Waals surface area contributed by atoms with Crippen LogP contribution in [0.3, 0.4) is 0 Å². The third-order valence-electron chi connectivity index (χ3n) is 2.14. The van der Waals surface area contributed by atoms with E-state index in [2.05, 4.69) is 16.4 Å². The molecule has 3 N–H and O–H groups in total. The molecule has 0 bridgehead atoms. The molecule has 1 aromatic heterocycles. The van der Waals surface area contributed by atoms with Crippen LogP contribution in [0.5, 0.6) is 0 Å². The highest BCUT2D eigenvalue weighted by atomic mass is 32.1. The molecule has 0 spiro atoms. The van der Waals surface area contributed by atoms with Gasteiger partial charge in [0.1, 0.15) is 11.1 Å². The van der Waals surface area contributed by atoms with Gasteiger partial charge in [0.15, 0.2) is 0 Å². The summed E-state index contributed by atoms with van der Waals surface area (Å²) in [7, 11) is 0. The zero-order valence-corrected chi connectivity index (χ0v) is 9.29. The van der Waals surface area contributed by atoms with Gasteiger partial charge in [0.2, 0.25) is 0 Å². The quantitative estimate of drug-likeness (QED) is 0.793. The van der Waals surface area contributed by atoms with Crippen LogP contribution in [-0.4, -0.2) is 4.98 Å². The highest BCUT2D eigenvalue weighted by Gasteiger charge is 2.04. The second kappa shape index (κ2) is 4.64. The van der Waals surface area contributed by atoms with E-state index < -0.39 is 0 Å². The van der Waals surface area contributed by atoms with Crippen molar-refractivity contribution in [1.29, 1.82) is 5.26 Å². The zero-order chi connectivity index (χ0) is 11.4. The minimum atomic E-state index is 0.488. The Morgan fingerprint density at radius 1 is 1.50 bits per heavy atom. The Kier molecular flexibility index (Phi) is 3.03. The van der Waals surface area contributed by atoms with Crippen LogP contribution in [0.4, 0.5) is 11.4 Å². The molecule has 1 heterocycles. The molecular formula is C11H10N4S. The second-order valence-electron chi connectivity index (χ2n) is 3.16. The summed E-state index contributed by atoms with van der Waals surface area (Å²) in [6.07, 6.45) is 1.76. The van der Waals surface area contributed by atoms with Crippen molar-refractivity contribution in [3.05, 3.63) is 40.3 Å². The number of hydrogen-bond acceptors (Lipinski definition) is 5. The topological polar surface area (TPSA) is 74.7 Å². The van der Waals surface area contributed by atoms with E-state index >= 15 is 0 Å². The number of nitrogens with two attached hydrogens (primary N) is 1. The number of thiazole rings is 1. The molecule has 16 heavy (non-hydrogen) atoms. The summed E-state index contributed by atoms with van der Waals surface area (Å²) in [4.78, 5) is 4.15. The molecule has 0 amide bonds. The third kappa shape index (κ3) is 2.12. The van der Waals surface area contributed by atoms with Gasteiger partial charge in [0.25, 0.3) is 0 Å². The number of anilines is 2. The number of nitrogens with one attached hydrogen (secondary N) is 1. The maximum atomic E-state index is 8.83. The van der Waals surface area contributed by atoms with E-state index in [1.165, 1.54) is 0 Å². The average Bonchev–Trinajstić information content (AvgIpc) is 2.81. The van der Waals surface area contributed by atoms with Crippen molar-refractivity contribution < 1.29 is 0 Å². The maximum absolute atomic E-state index is 8.83. The van der Waals surface area contributed by atoms with Crippen molar-refractivity contribution >= 4 is 22.7 Å². The number of aromatic nitrogens is 1. The van der Waals surface area contributed by atoms with Gasteiger partial charge >= 0.3 is 0 Å². The van der Waals surface area contributed by atoms with E-state index in [0.717, 1.165) is 10.7 Å². The SMILES string of the molecule is N#Cc1cccc(NCc2nccs2)c1N. The molecule has 0 saturated heterocycles. The fourth-order valence-electron chi connectivity index (χ4n) is 1.33. The third-order valence-corrected chi connectivity index (χ3v) is 2.92. The van der Waals surface area contributed by atoms with E-state index in [1.807, 2.05) is 11.4 Å². The number of hydrogen-bond donors (Lipinski definition) is 2. The molecule has 0 aliphatic carbocycles. The molecule has 5 heteroatoms. The summed E-state index contributed by atoms with van der Waals surface area (Å²) in [6, 6.07) is 7.40. The molecule has 0 fully saturated rings. The van der Waals surface area contributed by atoms with Crippen LogP contribution in [-0.2, 0) is 6.54 Å². The van der Waals surface area contributed by atoms with E-state index in [9.17, 15) is 0 Å². The summed E-state index contributed by atoms with van der Waals surface area (Å²) in [6.45, 7) is 0.622. The highest BCUT2D eigenvalue weighted by molar-refractivity contribution is 7.09. The minimum absolute atomic E-state index is 0.488. The smallest absolute Gasteiger partial charge is 0.112 e. The van der Waals surface area contributed by atoms with Crippen molar-refractivity contribution in [3.63, 3.8) is 0 Å². The van der Waals surface area contributed by atoms with Gasteiger partial charge in [-0.2, -0.15) is 5.26 Å². The number of nitriles is 1. The van der Waals surface area contributed by atoms with Crippen LogP contribution in [0, 0.1) is 11.3 Å². The number of nitrogen functional groups attached to an aromatic ring is 1. The molecule has 0 aliphatic rings. The molecule has 0 atom stereocenters. The summed E-state index contributed by atoms with van der Waals surface area (Å²) in [5.74, 6) is 0. The van der Waals surface area contributed by atoms with Gasteiger partial charge in [-0.05, 0) is 12.1 Å². The molecule has 2 aromatic rings. The Hall–Kier alpha value is -2.06. The summed E-state index contributed by atoms with van der Waals surface area (Å²) < 4.78 is 0. The van der Waals surface area contributed by atoms with Gasteiger partial charge in [-0.3, -0.25) is 0 Å². The van der Waals surface area contributed by atoms with E-state index in [4.69, 9.17) is 11.0 Å². The summed E-state index contributed by atoms with van der Waals surface area (Å²) >= 11 is 1.58. The first-order valence-corrected chi connectivity index (χ1v) is 5.60. The first kappa shape index (κ1) is 10.5. The van der Waals surface area contributed by atoms with Crippen molar-refractivity contribution in [3.8, 4) is 6.07 Å². The predicted octanol–water partition coefficient (Wildman–Crippen LogP) is 2.21. The largest absolute Gasteiger partial charge is 0.396 e. The minimum Gasteiger partial charge on any atom is -0.396 e. The average molecular weight is 230 g/mol. The Labute approximate surface area is 97.4 Å². The lowest BCUT2D eigenvalue weighted by Gasteiger charge is -2.08. The molecule has 2 rings (SSSR count). The standard InChI is InChI=1S/C11H10N4S/c12-6-8-2-1-3-9(11(8)13)15-7-10-14-4-5-16-10/h1-5,15H,7,13H2. The van der Waals surface area contributed by atoms with E-state index in [0.29, 0.717) is 17.8 Å². The Morgan fingerprint density at radius 2 is 2.38 bits per heavy atom. The van der Waals surface area contributed by atoms with Gasteiger partial charge in [-0.15, -0.1) is 11.3 Å². The Morgan fingerprint density at radius 3 is 3.06 bits per heavy atom. The fraction of sp³-hybridized carbons (Fsp3) is 0.0909. The first-order chi connectivity index (χ1) is 7.81. The molecule has 80 valence electrons. The number of para-hydroxylation sites is 1. The lowest BCUT2D eigenvalue weighted by atomic mass is 10.1. The van der Waals surface area contributed by atoms with Gasteiger partial charge in [0, 0.05) is 11.6 Å². The van der Waals surface area contributed by atoms with Crippen molar-refractivity contribution in [2.24, 2.45) is 0 Å². The first-order valence-electron chi connectivity index (χ1n) is 4.72. The molecule has 1 aromatic carbocycles. The monoisotopic (exact) mass is 230 g/mol. The van der Waals surface area contributed by atoms with E-state index in [1.54, 1.807) is 29.7 Å². The van der Waals surface area contributed by atoms with Crippen LogP contribution in [0.1, 0.15) is 10.6 Å². The fourth-order valence-corrected chi connectivity index (χ4v) is 1.88. The van der Waals surface area contributed by atoms with Crippen molar-refractivity contribution in [2.45, 2.75) is 6.54 Å². The summed E-state index contributed by atoms with van der Waals surface area (Å²) in [5.41, 5.74) is 7.58. The number of nitrogens with zero attached hydrogens (tertiary/aromatic N) is 2. The molecule has 0 saturated carbocycles. The summed E-state index contributed by atoms with van der Waals surface area (Å²) in [5, 5.41) is 14.9. The highest BCUT2D eigenvalue weighted by Crippen LogP contribution is 2.22. The predicted molar refractivity (Wildman–Crippen MR) is 65.0 cm³/mol. The number of rotatable bonds is 3. The van der Waals surface area contributed by atoms with Crippen LogP contribution in [0.25, 0.3) is 0 Å². The van der Waals surface area contributed by atoms with Gasteiger partial charge in [-0.1, -0.05) is 6.07 Å². The lowest BCUT2D eigenvalue weighted by molar-refractivity contribution is 1.10. The number of benzene rings is 1. The lowest BCUT2D eigenvalue weighted by Crippen LogP contribution is -2.03. The van der Waals surface area contributed by atoms with Gasteiger partial charge in [0.05, 0.1) is 23.5 Å². The molecular weight excluding hydrogens is 220 g/mol. The zero-order valence-electron chi connectivity index (χ0n) is 8.47. The Bertz CT molecular complexity index is 513. The van der Waals surface area contributed by atoms with Crippen molar-refractivity contribution in [2.75, 3.05) is 11.1 Å². The van der Waals surface area contributed by atoms with Crippen molar-refractivity contribution in [1.82, 2.24) is 4.98 Å². The van der Waals surface area contributed by atoms with Crippen LogP contribution in [0.15, 0.2) is 29.8 Å². The van der Waals surface area contributed by atoms with E-state index in [-0.39, 0.29) is 0 Å². The molecule has 0 aliphatic heterocycles. The molecule has 0 radical (unpaired) electrons. The second-order valence-corrected chi connectivity index (χ2v) is 4.14. The van der Waals surface area contributed by atoms with Crippen LogP contribution >= 0.6 is 11.3 Å². The molecule has 0 unspecified atom stereocenters. The van der Waals surface area contributed by atoms with Gasteiger partial charge < -0.3 is 11.1 Å². The molecule has 4 nitrogen and oxygen atoms in total. The van der Waals surface area contributed by atoms with Gasteiger partial charge in [-0.25, -0.2) is 4.98 Å². The van der Waals surface area contributed by atoms with Crippen LogP contribution in [0.2, 0.25) is 0 Å². The van der Waals surface area contributed by atoms with Crippen LogP contribution < -0.4 is 11.1 Å². The maximum Gasteiger partial charge on any atom is 0.112 e. The Balaban J connectivity index is 2.13. The normalized spacial score (nSPS) is 9.69.